The summed E-state index contributed by atoms with van der Waals surface area (Å²) in [6, 6.07) is 7.20. The lowest BCUT2D eigenvalue weighted by Gasteiger charge is -2.37. The van der Waals surface area contributed by atoms with E-state index in [0.717, 1.165) is 29.5 Å². The number of nitrogen functional groups attached to an aromatic ring is 1. The third kappa shape index (κ3) is 2.29. The Labute approximate surface area is 116 Å². The molecule has 2 fully saturated rings. The van der Waals surface area contributed by atoms with Crippen molar-refractivity contribution in [2.75, 3.05) is 5.73 Å². The van der Waals surface area contributed by atoms with Gasteiger partial charge in [-0.25, -0.2) is 0 Å². The van der Waals surface area contributed by atoms with E-state index in [4.69, 9.17) is 5.73 Å². The van der Waals surface area contributed by atoms with Crippen LogP contribution in [0.4, 0.5) is 5.69 Å². The van der Waals surface area contributed by atoms with E-state index in [2.05, 4.69) is 26.9 Å². The maximum atomic E-state index is 9.81. The first kappa shape index (κ1) is 12.5. The van der Waals surface area contributed by atoms with Gasteiger partial charge in [0.25, 0.3) is 0 Å². The molecule has 0 saturated carbocycles. The Morgan fingerprint density at radius 3 is 2.56 bits per heavy atom. The zero-order valence-corrected chi connectivity index (χ0v) is 11.9. The van der Waals surface area contributed by atoms with Crippen LogP contribution in [0.3, 0.4) is 0 Å². The molecule has 0 spiro atoms. The van der Waals surface area contributed by atoms with Crippen LogP contribution in [0, 0.1) is 0 Å². The predicted molar refractivity (Wildman–Crippen MR) is 76.1 cm³/mol. The third-order valence-corrected chi connectivity index (χ3v) is 4.81. The summed E-state index contributed by atoms with van der Waals surface area (Å²) in [5.74, 6) is 0. The Morgan fingerprint density at radius 2 is 1.94 bits per heavy atom. The molecule has 2 aliphatic rings. The van der Waals surface area contributed by atoms with Crippen molar-refractivity contribution in [2.45, 2.75) is 50.4 Å². The van der Waals surface area contributed by atoms with Crippen molar-refractivity contribution in [1.82, 2.24) is 4.90 Å². The van der Waals surface area contributed by atoms with Gasteiger partial charge in [-0.15, -0.1) is 0 Å². The monoisotopic (exact) mass is 310 g/mol. The third-order valence-electron chi connectivity index (χ3n) is 4.32. The highest BCUT2D eigenvalue weighted by Gasteiger charge is 2.39. The van der Waals surface area contributed by atoms with E-state index < -0.39 is 0 Å². The van der Waals surface area contributed by atoms with Crippen molar-refractivity contribution in [3.05, 3.63) is 28.2 Å². The zero-order chi connectivity index (χ0) is 12.7. The lowest BCUT2D eigenvalue weighted by Crippen LogP contribution is -2.44. The SMILES string of the molecule is Nc1cc(Br)ccc1CN1C2CCC1CC(O)C2. The summed E-state index contributed by atoms with van der Waals surface area (Å²) in [5.41, 5.74) is 8.13. The van der Waals surface area contributed by atoms with Gasteiger partial charge in [-0.2, -0.15) is 0 Å². The first-order valence-corrected chi connectivity index (χ1v) is 7.40. The molecule has 18 heavy (non-hydrogen) atoms. The molecule has 4 heteroatoms. The average molecular weight is 311 g/mol. The summed E-state index contributed by atoms with van der Waals surface area (Å²) in [4.78, 5) is 2.53. The van der Waals surface area contributed by atoms with E-state index in [0.29, 0.717) is 12.1 Å². The number of hydrogen-bond acceptors (Lipinski definition) is 3. The van der Waals surface area contributed by atoms with Crippen LogP contribution < -0.4 is 5.73 Å². The minimum absolute atomic E-state index is 0.0963. The summed E-state index contributed by atoms with van der Waals surface area (Å²) in [6.07, 6.45) is 4.19. The number of nitrogens with two attached hydrogens (primary N) is 1. The number of piperidine rings is 1. The van der Waals surface area contributed by atoms with Crippen LogP contribution in [0.2, 0.25) is 0 Å². The van der Waals surface area contributed by atoms with Crippen molar-refractivity contribution in [2.24, 2.45) is 0 Å². The van der Waals surface area contributed by atoms with E-state index in [1.807, 2.05) is 12.1 Å². The average Bonchev–Trinajstić information content (AvgIpc) is 2.56. The van der Waals surface area contributed by atoms with Gasteiger partial charge in [-0.05, 0) is 43.4 Å². The fourth-order valence-electron chi connectivity index (χ4n) is 3.41. The van der Waals surface area contributed by atoms with Gasteiger partial charge in [0.2, 0.25) is 0 Å². The first-order chi connectivity index (χ1) is 8.63. The molecular formula is C14H19BrN2O. The quantitative estimate of drug-likeness (QED) is 0.825. The molecule has 3 rings (SSSR count). The van der Waals surface area contributed by atoms with E-state index >= 15 is 0 Å². The number of aliphatic hydroxyl groups excluding tert-OH is 1. The van der Waals surface area contributed by atoms with Crippen LogP contribution in [0.15, 0.2) is 22.7 Å². The molecule has 0 radical (unpaired) electrons. The van der Waals surface area contributed by atoms with E-state index in [1.54, 1.807) is 0 Å². The lowest BCUT2D eigenvalue weighted by molar-refractivity contribution is 0.0311. The highest BCUT2D eigenvalue weighted by Crippen LogP contribution is 2.37. The molecule has 3 nitrogen and oxygen atoms in total. The van der Waals surface area contributed by atoms with Gasteiger partial charge in [-0.1, -0.05) is 22.0 Å². The predicted octanol–water partition coefficient (Wildman–Crippen LogP) is 2.52. The fourth-order valence-corrected chi connectivity index (χ4v) is 3.79. The highest BCUT2D eigenvalue weighted by molar-refractivity contribution is 9.10. The van der Waals surface area contributed by atoms with Crippen LogP contribution in [-0.4, -0.2) is 28.2 Å². The minimum Gasteiger partial charge on any atom is -0.398 e. The van der Waals surface area contributed by atoms with E-state index in [9.17, 15) is 5.11 Å². The number of halogens is 1. The topological polar surface area (TPSA) is 49.5 Å². The van der Waals surface area contributed by atoms with Gasteiger partial charge in [0, 0.05) is 28.8 Å². The molecule has 0 amide bonds. The summed E-state index contributed by atoms with van der Waals surface area (Å²) in [7, 11) is 0. The summed E-state index contributed by atoms with van der Waals surface area (Å²) in [5, 5.41) is 9.81. The Kier molecular flexibility index (Phi) is 3.34. The van der Waals surface area contributed by atoms with Crippen molar-refractivity contribution in [3.63, 3.8) is 0 Å². The Hall–Kier alpha value is -0.580. The summed E-state index contributed by atoms with van der Waals surface area (Å²) >= 11 is 3.44. The normalized spacial score (nSPS) is 31.8. The smallest absolute Gasteiger partial charge is 0.0570 e. The lowest BCUT2D eigenvalue weighted by atomic mass is 9.99. The molecule has 98 valence electrons. The molecule has 2 saturated heterocycles. The second kappa shape index (κ2) is 4.83. The van der Waals surface area contributed by atoms with Crippen molar-refractivity contribution < 1.29 is 5.11 Å². The minimum atomic E-state index is -0.0963. The van der Waals surface area contributed by atoms with Crippen LogP contribution in [-0.2, 0) is 6.54 Å². The van der Waals surface area contributed by atoms with Crippen molar-refractivity contribution >= 4 is 21.6 Å². The van der Waals surface area contributed by atoms with Gasteiger partial charge in [-0.3, -0.25) is 4.90 Å². The molecule has 3 N–H and O–H groups in total. The maximum absolute atomic E-state index is 9.81. The summed E-state index contributed by atoms with van der Waals surface area (Å²) < 4.78 is 1.03. The number of nitrogens with zero attached hydrogens (tertiary/aromatic N) is 1. The largest absolute Gasteiger partial charge is 0.398 e. The maximum Gasteiger partial charge on any atom is 0.0570 e. The van der Waals surface area contributed by atoms with Crippen LogP contribution >= 0.6 is 15.9 Å². The van der Waals surface area contributed by atoms with Gasteiger partial charge in [0.05, 0.1) is 6.10 Å². The number of fused-ring (bicyclic) bond motifs is 2. The standard InChI is InChI=1S/C14H19BrN2O/c15-10-2-1-9(14(16)5-10)8-17-11-3-4-12(17)7-13(18)6-11/h1-2,5,11-13,18H,3-4,6-8,16H2. The number of rotatable bonds is 2. The molecule has 2 unspecified atom stereocenters. The molecule has 0 aromatic heterocycles. The number of aliphatic hydroxyl groups is 1. The molecule has 0 aliphatic carbocycles. The zero-order valence-electron chi connectivity index (χ0n) is 10.3. The molecule has 2 bridgehead atoms. The molecule has 2 atom stereocenters. The molecule has 2 heterocycles. The van der Waals surface area contributed by atoms with E-state index in [-0.39, 0.29) is 6.10 Å². The second-order valence-electron chi connectivity index (χ2n) is 5.53. The Balaban J connectivity index is 1.77. The Morgan fingerprint density at radius 1 is 1.28 bits per heavy atom. The number of benzene rings is 1. The van der Waals surface area contributed by atoms with Gasteiger partial charge in [0.15, 0.2) is 0 Å². The van der Waals surface area contributed by atoms with Crippen molar-refractivity contribution in [3.8, 4) is 0 Å². The molecule has 1 aromatic rings. The van der Waals surface area contributed by atoms with Crippen LogP contribution in [0.1, 0.15) is 31.2 Å². The van der Waals surface area contributed by atoms with E-state index in [1.165, 1.54) is 18.4 Å². The second-order valence-corrected chi connectivity index (χ2v) is 6.44. The van der Waals surface area contributed by atoms with Gasteiger partial charge < -0.3 is 10.8 Å². The highest BCUT2D eigenvalue weighted by atomic mass is 79.9. The first-order valence-electron chi connectivity index (χ1n) is 6.61. The van der Waals surface area contributed by atoms with Crippen molar-refractivity contribution in [1.29, 1.82) is 0 Å². The number of hydrogen-bond donors (Lipinski definition) is 2. The summed E-state index contributed by atoms with van der Waals surface area (Å²) in [6.45, 7) is 0.918. The van der Waals surface area contributed by atoms with Gasteiger partial charge >= 0.3 is 0 Å². The molecule has 1 aromatic carbocycles. The van der Waals surface area contributed by atoms with Crippen LogP contribution in [0.5, 0.6) is 0 Å². The number of anilines is 1. The van der Waals surface area contributed by atoms with Gasteiger partial charge in [0.1, 0.15) is 0 Å². The fraction of sp³-hybridized carbons (Fsp3) is 0.571. The Bertz CT molecular complexity index is 437. The molecular weight excluding hydrogens is 292 g/mol. The van der Waals surface area contributed by atoms with Crippen LogP contribution in [0.25, 0.3) is 0 Å². The molecule has 2 aliphatic heterocycles.